The number of aliphatic hydroxyl groups is 6. The van der Waals surface area contributed by atoms with Gasteiger partial charge in [0.15, 0.2) is 0 Å². The van der Waals surface area contributed by atoms with Gasteiger partial charge in [-0.1, -0.05) is 135 Å². The van der Waals surface area contributed by atoms with E-state index in [1.165, 1.54) is 19.3 Å². The van der Waals surface area contributed by atoms with Crippen LogP contribution in [0.2, 0.25) is 0 Å². The zero-order chi connectivity index (χ0) is 81.8. The second-order valence-corrected chi connectivity index (χ2v) is 38.0. The fourth-order valence-corrected chi connectivity index (χ4v) is 22.1. The maximum absolute atomic E-state index is 13.9. The molecule has 5 aromatic carbocycles. The second-order valence-electron chi connectivity index (χ2n) is 36.8. The van der Waals surface area contributed by atoms with Gasteiger partial charge in [-0.3, -0.25) is 38.5 Å². The van der Waals surface area contributed by atoms with Gasteiger partial charge in [-0.15, -0.1) is 0 Å². The van der Waals surface area contributed by atoms with Crippen molar-refractivity contribution in [2.24, 2.45) is 87.3 Å². The van der Waals surface area contributed by atoms with Gasteiger partial charge < -0.3 is 56.4 Å². The summed E-state index contributed by atoms with van der Waals surface area (Å²) in [7, 11) is 6.93. The Hall–Kier alpha value is -6.30. The van der Waals surface area contributed by atoms with Crippen molar-refractivity contribution in [1.29, 1.82) is 0 Å². The maximum Gasteiger partial charge on any atom is 0.253 e. The molecule has 6 bridgehead atoms. The number of amides is 5. The number of rotatable bonds is 22. The molecule has 24 atom stereocenters. The van der Waals surface area contributed by atoms with E-state index in [4.69, 9.17) is 14.5 Å². The maximum atomic E-state index is 13.9. The average molecular weight is 1670 g/mol. The molecule has 23 heteroatoms. The van der Waals surface area contributed by atoms with E-state index in [1.807, 2.05) is 115 Å². The monoisotopic (exact) mass is 1670 g/mol. The van der Waals surface area contributed by atoms with Gasteiger partial charge in [0.05, 0.1) is 57.8 Å². The van der Waals surface area contributed by atoms with E-state index in [1.54, 1.807) is 74.0 Å². The van der Waals surface area contributed by atoms with Crippen molar-refractivity contribution in [3.63, 3.8) is 0 Å². The van der Waals surface area contributed by atoms with Crippen LogP contribution in [-0.4, -0.2) is 206 Å². The molecule has 0 spiro atoms. The van der Waals surface area contributed by atoms with Crippen LogP contribution >= 0.6 is 22.6 Å². The zero-order valence-electron chi connectivity index (χ0n) is 69.0. The Morgan fingerprint density at radius 3 is 0.965 bits per heavy atom. The third kappa shape index (κ3) is 17.7. The molecule has 12 fully saturated rings. The molecule has 5 aromatic rings. The lowest BCUT2D eigenvalue weighted by Gasteiger charge is -2.62. The smallest absolute Gasteiger partial charge is 0.253 e. The third-order valence-corrected chi connectivity index (χ3v) is 29.4. The molecule has 22 nitrogen and oxygen atoms in total. The standard InChI is InChI=1S/2C33H45N3O5.C24H35IN2O4/c2*1-19-26-15-25(33(26,3)4)16-27(19)34-31(39)30-29(20(2)38)28(18-37)41-36(30)17-21-8-7-9-24(14-21)22-10-12-23(13-11-22)32(40)35(5)6;1-13-18-9-16(24(18,3)4)10-19(13)26-23(30)22-21(14(2)29)20(12-28)31-27(22)11-15-6-5-7-17(25)8-15/h2*7-14,19-20,25-30,37-38H,15-18H2,1-6H3,(H,34,39);5-8,13-14,16,18-22,28-29H,9-12H2,1-4H3,(H,26,30)/t2*19-,20-,25+,26-,27-,28-,29+,30-;13-,14-,16+,18-,19-,20-,21+,22-/m000/s1. The molecule has 3 aliphatic heterocycles. The lowest BCUT2D eigenvalue weighted by molar-refractivity contribution is -0.183. The highest BCUT2D eigenvalue weighted by molar-refractivity contribution is 14.1. The lowest BCUT2D eigenvalue weighted by atomic mass is 9.45. The van der Waals surface area contributed by atoms with E-state index in [-0.39, 0.29) is 67.5 Å². The summed E-state index contributed by atoms with van der Waals surface area (Å²) < 4.78 is 1.11. The number of nitrogens with one attached hydrogen (secondary N) is 3. The largest absolute Gasteiger partial charge is 0.394 e. The quantitative estimate of drug-likeness (QED) is 0.0291. The first-order chi connectivity index (χ1) is 53.5. The molecule has 12 aliphatic rings. The molecule has 0 unspecified atom stereocenters. The van der Waals surface area contributed by atoms with Crippen molar-refractivity contribution in [1.82, 2.24) is 40.9 Å². The number of hydrogen-bond donors (Lipinski definition) is 9. The van der Waals surface area contributed by atoms with Gasteiger partial charge >= 0.3 is 0 Å². The second kappa shape index (κ2) is 35.1. The first-order valence-electron chi connectivity index (χ1n) is 41.1. The van der Waals surface area contributed by atoms with Gasteiger partial charge in [0, 0.05) is 78.8 Å². The van der Waals surface area contributed by atoms with Crippen molar-refractivity contribution in [2.45, 2.75) is 214 Å². The fraction of sp³-hybridized carbons (Fsp3) is 0.611. The molecular weight excluding hydrogens is 1540 g/mol. The summed E-state index contributed by atoms with van der Waals surface area (Å²) in [6.07, 6.45) is 2.26. The summed E-state index contributed by atoms with van der Waals surface area (Å²) >= 11 is 2.27. The molecule has 616 valence electrons. The van der Waals surface area contributed by atoms with E-state index >= 15 is 0 Å². The van der Waals surface area contributed by atoms with Crippen LogP contribution < -0.4 is 16.0 Å². The van der Waals surface area contributed by atoms with Gasteiger partial charge in [-0.25, -0.2) is 0 Å². The van der Waals surface area contributed by atoms with Crippen LogP contribution in [0.25, 0.3) is 22.3 Å². The minimum Gasteiger partial charge on any atom is -0.394 e. The van der Waals surface area contributed by atoms with Crippen LogP contribution in [0.15, 0.2) is 121 Å². The fourth-order valence-electron chi connectivity index (χ4n) is 21.5. The van der Waals surface area contributed by atoms with Crippen LogP contribution in [0, 0.1) is 90.8 Å². The van der Waals surface area contributed by atoms with E-state index in [0.717, 1.165) is 61.8 Å². The van der Waals surface area contributed by atoms with E-state index < -0.39 is 72.5 Å². The predicted octanol–water partition coefficient (Wildman–Crippen LogP) is 10.4. The highest BCUT2D eigenvalue weighted by Gasteiger charge is 2.61. The van der Waals surface area contributed by atoms with Gasteiger partial charge in [-0.05, 0) is 239 Å². The molecule has 0 aromatic heterocycles. The van der Waals surface area contributed by atoms with Crippen molar-refractivity contribution in [3.05, 3.63) is 153 Å². The van der Waals surface area contributed by atoms with Crippen LogP contribution in [0.1, 0.15) is 159 Å². The van der Waals surface area contributed by atoms with Crippen molar-refractivity contribution < 1.29 is 69.1 Å². The van der Waals surface area contributed by atoms with Crippen molar-refractivity contribution >= 4 is 52.1 Å². The van der Waals surface area contributed by atoms with Crippen molar-refractivity contribution in [2.75, 3.05) is 48.0 Å². The number of halogens is 1. The van der Waals surface area contributed by atoms with Crippen LogP contribution in [0.5, 0.6) is 0 Å². The normalized spacial score (nSPS) is 33.1. The van der Waals surface area contributed by atoms with Gasteiger partial charge in [0.2, 0.25) is 17.7 Å². The summed E-state index contributed by atoms with van der Waals surface area (Å²) in [6.45, 7) is 26.1. The molecule has 113 heavy (non-hydrogen) atoms. The molecule has 3 heterocycles. The first kappa shape index (κ1) is 86.1. The molecule has 17 rings (SSSR count). The molecule has 9 N–H and O–H groups in total. The number of hydrogen-bond acceptors (Lipinski definition) is 17. The summed E-state index contributed by atoms with van der Waals surface area (Å²) in [4.78, 5) is 87.3. The highest BCUT2D eigenvalue weighted by Crippen LogP contribution is 2.63. The first-order valence-corrected chi connectivity index (χ1v) is 42.2. The summed E-state index contributed by atoms with van der Waals surface area (Å²) in [5.41, 5.74) is 9.06. The topological polar surface area (TPSA) is 287 Å². The van der Waals surface area contributed by atoms with E-state index in [0.29, 0.717) is 100 Å². The molecular formula is C90H125IN8O14. The number of nitrogens with zero attached hydrogens (tertiary/aromatic N) is 5. The average Bonchev–Trinajstić information content (AvgIpc) is 1.59. The van der Waals surface area contributed by atoms with Gasteiger partial charge in [-0.2, -0.15) is 15.2 Å². The Balaban J connectivity index is 0.000000159. The number of benzene rings is 5. The zero-order valence-corrected chi connectivity index (χ0v) is 71.1. The molecule has 9 saturated carbocycles. The Morgan fingerprint density at radius 2 is 0.717 bits per heavy atom. The van der Waals surface area contributed by atoms with Crippen LogP contribution in [-0.2, 0) is 48.5 Å². The Labute approximate surface area is 682 Å². The number of hydroxylamine groups is 6. The van der Waals surface area contributed by atoms with Gasteiger partial charge in [0.25, 0.3) is 11.8 Å². The number of aliphatic hydroxyl groups excluding tert-OH is 6. The number of carbonyl (C=O) groups is 5. The van der Waals surface area contributed by atoms with Crippen LogP contribution in [0.3, 0.4) is 0 Å². The Bertz CT molecular complexity index is 3960. The Morgan fingerprint density at radius 1 is 0.434 bits per heavy atom. The minimum absolute atomic E-state index is 0.0460. The number of fused-ring (bicyclic) bond motifs is 6. The van der Waals surface area contributed by atoms with E-state index in [9.17, 15) is 54.6 Å². The molecule has 0 radical (unpaired) electrons. The van der Waals surface area contributed by atoms with Gasteiger partial charge in [0.1, 0.15) is 36.4 Å². The minimum atomic E-state index is -0.834. The van der Waals surface area contributed by atoms with E-state index in [2.05, 4.69) is 107 Å². The number of carbonyl (C=O) groups excluding carboxylic acids is 5. The summed E-state index contributed by atoms with van der Waals surface area (Å²) in [5.74, 6) is 2.77. The van der Waals surface area contributed by atoms with Crippen LogP contribution in [0.4, 0.5) is 0 Å². The predicted molar refractivity (Wildman–Crippen MR) is 442 cm³/mol. The SMILES string of the molecule is C[C@@H]1[C@@H](NC(=O)[C@@H]2[C@H]([C@H](C)O)[C@H](CO)ON2Cc2cccc(-c3ccc(C(=O)N(C)C)cc3)c2)C[C@H]2C[C@@H]1C2(C)C.C[C@@H]1[C@@H](NC(=O)[C@@H]2[C@H]([C@H](C)O)[C@H](CO)ON2Cc2cccc(-c3ccc(C(=O)N(C)C)cc3)c2)C[C@H]2C[C@@H]1C2(C)C.C[C@@H]1[C@@H](NC(=O)[C@@H]2[C@H]([C@H](C)O)[C@H](CO)ON2Cc2cccc(I)c2)C[C@H]2C[C@@H]1C2(C)C. The summed E-state index contributed by atoms with van der Waals surface area (Å²) in [6, 6.07) is 37.3. The lowest BCUT2D eigenvalue weighted by Crippen LogP contribution is -2.62. The molecule has 3 saturated heterocycles. The highest BCUT2D eigenvalue weighted by atomic mass is 127. The molecule has 5 amide bonds. The Kier molecular flexibility index (Phi) is 26.7. The third-order valence-electron chi connectivity index (χ3n) is 28.7. The van der Waals surface area contributed by atoms with Crippen molar-refractivity contribution in [3.8, 4) is 22.3 Å². The summed E-state index contributed by atoms with van der Waals surface area (Å²) in [5, 5.41) is 76.9. The molecule has 9 aliphatic carbocycles.